The molecule has 6 heteroatoms. The van der Waals surface area contributed by atoms with Gasteiger partial charge in [-0.15, -0.1) is 0 Å². The van der Waals surface area contributed by atoms with Crippen LogP contribution in [0.2, 0.25) is 0 Å². The van der Waals surface area contributed by atoms with Crippen LogP contribution in [0.15, 0.2) is 0 Å². The quantitative estimate of drug-likeness (QED) is 0.803. The third-order valence-electron chi connectivity index (χ3n) is 3.23. The van der Waals surface area contributed by atoms with E-state index in [1.807, 2.05) is 0 Å². The minimum absolute atomic E-state index is 0.0498. The van der Waals surface area contributed by atoms with E-state index in [2.05, 4.69) is 6.07 Å². The van der Waals surface area contributed by atoms with Crippen LogP contribution < -0.4 is 0 Å². The summed E-state index contributed by atoms with van der Waals surface area (Å²) in [6.07, 6.45) is 3.31. The number of carboxylic acids is 1. The fourth-order valence-corrected chi connectivity index (χ4v) is 2.69. The summed E-state index contributed by atoms with van der Waals surface area (Å²) in [4.78, 5) is 21.9. The van der Waals surface area contributed by atoms with E-state index in [0.717, 1.165) is 37.4 Å². The van der Waals surface area contributed by atoms with Gasteiger partial charge in [0.05, 0.1) is 24.7 Å². The molecule has 0 heterocycles. The number of carboxylic acid groups (broad SMARTS) is 1. The predicted octanol–water partition coefficient (Wildman–Crippen LogP) is 2.07. The normalized spacial score (nSPS) is 24.4. The Morgan fingerprint density at radius 2 is 2.05 bits per heavy atom. The number of aliphatic carboxylic acids is 1. The number of rotatable bonds is 6. The van der Waals surface area contributed by atoms with Crippen molar-refractivity contribution in [2.45, 2.75) is 38.7 Å². The lowest BCUT2D eigenvalue weighted by Gasteiger charge is -2.26. The van der Waals surface area contributed by atoms with Gasteiger partial charge in [0.25, 0.3) is 0 Å². The highest BCUT2D eigenvalue weighted by molar-refractivity contribution is 8.13. The summed E-state index contributed by atoms with van der Waals surface area (Å²) >= 11 is 1.02. The van der Waals surface area contributed by atoms with E-state index >= 15 is 0 Å². The first kappa shape index (κ1) is 16.0. The zero-order chi connectivity index (χ0) is 14.3. The summed E-state index contributed by atoms with van der Waals surface area (Å²) < 4.78 is 5.62. The summed E-state index contributed by atoms with van der Waals surface area (Å²) in [5, 5.41) is 17.8. The van der Waals surface area contributed by atoms with Crippen LogP contribution in [0.3, 0.4) is 0 Å². The second-order valence-corrected chi connectivity index (χ2v) is 5.97. The maximum atomic E-state index is 11.0. The summed E-state index contributed by atoms with van der Waals surface area (Å²) in [6, 6.07) is 2.25. The molecule has 1 atom stereocenters. The van der Waals surface area contributed by atoms with Gasteiger partial charge in [-0.2, -0.15) is 5.26 Å². The Labute approximate surface area is 117 Å². The SMILES string of the molecule is CC(=O)SCC(COC1CCC(C#N)CC1)C(=O)O. The molecular weight excluding hydrogens is 266 g/mol. The smallest absolute Gasteiger partial charge is 0.309 e. The molecule has 1 fully saturated rings. The van der Waals surface area contributed by atoms with Crippen molar-refractivity contribution in [3.05, 3.63) is 0 Å². The summed E-state index contributed by atoms with van der Waals surface area (Å²) in [5.41, 5.74) is 0. The van der Waals surface area contributed by atoms with Crippen LogP contribution in [0.5, 0.6) is 0 Å². The van der Waals surface area contributed by atoms with Crippen LogP contribution in [0.25, 0.3) is 0 Å². The largest absolute Gasteiger partial charge is 0.481 e. The second-order valence-electron chi connectivity index (χ2n) is 4.77. The van der Waals surface area contributed by atoms with E-state index in [0.29, 0.717) is 0 Å². The van der Waals surface area contributed by atoms with E-state index in [-0.39, 0.29) is 29.5 Å². The summed E-state index contributed by atoms with van der Waals surface area (Å²) in [6.45, 7) is 1.56. The van der Waals surface area contributed by atoms with E-state index in [9.17, 15) is 9.59 Å². The topological polar surface area (TPSA) is 87.4 Å². The van der Waals surface area contributed by atoms with Crippen molar-refractivity contribution < 1.29 is 19.4 Å². The second kappa shape index (κ2) is 8.18. The lowest BCUT2D eigenvalue weighted by molar-refractivity contribution is -0.143. The molecule has 0 aliphatic heterocycles. The van der Waals surface area contributed by atoms with Crippen LogP contribution in [0.1, 0.15) is 32.6 Å². The molecular formula is C13H19NO4S. The van der Waals surface area contributed by atoms with Gasteiger partial charge >= 0.3 is 5.97 Å². The fraction of sp³-hybridized carbons (Fsp3) is 0.769. The molecule has 1 saturated carbocycles. The Morgan fingerprint density at radius 3 is 2.53 bits per heavy atom. The molecule has 1 unspecified atom stereocenters. The average Bonchev–Trinajstić information content (AvgIpc) is 2.38. The Balaban J connectivity index is 2.30. The van der Waals surface area contributed by atoms with Gasteiger partial charge in [0.15, 0.2) is 5.12 Å². The van der Waals surface area contributed by atoms with E-state index in [4.69, 9.17) is 15.1 Å². The van der Waals surface area contributed by atoms with Crippen molar-refractivity contribution in [2.75, 3.05) is 12.4 Å². The first-order chi connectivity index (χ1) is 9.02. The minimum atomic E-state index is -0.931. The van der Waals surface area contributed by atoms with Crippen LogP contribution in [-0.4, -0.2) is 34.7 Å². The van der Waals surface area contributed by atoms with Crippen LogP contribution in [0.4, 0.5) is 0 Å². The number of carbonyl (C=O) groups excluding carboxylic acids is 1. The number of ether oxygens (including phenoxy) is 1. The van der Waals surface area contributed by atoms with Gasteiger partial charge in [-0.05, 0) is 25.7 Å². The highest BCUT2D eigenvalue weighted by Crippen LogP contribution is 2.26. The number of nitrogens with zero attached hydrogens (tertiary/aromatic N) is 1. The van der Waals surface area contributed by atoms with Crippen molar-refractivity contribution in [2.24, 2.45) is 11.8 Å². The number of hydrogen-bond acceptors (Lipinski definition) is 5. The highest BCUT2D eigenvalue weighted by Gasteiger charge is 2.24. The van der Waals surface area contributed by atoms with E-state index < -0.39 is 11.9 Å². The molecule has 0 aromatic carbocycles. The maximum absolute atomic E-state index is 11.0. The fourth-order valence-electron chi connectivity index (χ4n) is 2.02. The third-order valence-corrected chi connectivity index (χ3v) is 4.20. The van der Waals surface area contributed by atoms with Crippen LogP contribution >= 0.6 is 11.8 Å². The molecule has 0 amide bonds. The number of hydrogen-bond donors (Lipinski definition) is 1. The maximum Gasteiger partial charge on any atom is 0.309 e. The number of nitriles is 1. The minimum Gasteiger partial charge on any atom is -0.481 e. The van der Waals surface area contributed by atoms with Gasteiger partial charge in [-0.1, -0.05) is 11.8 Å². The third kappa shape index (κ3) is 6.08. The Morgan fingerprint density at radius 1 is 1.42 bits per heavy atom. The molecule has 19 heavy (non-hydrogen) atoms. The van der Waals surface area contributed by atoms with Crippen molar-refractivity contribution in [3.8, 4) is 6.07 Å². The molecule has 1 rings (SSSR count). The molecule has 0 spiro atoms. The Bertz CT molecular complexity index is 358. The highest BCUT2D eigenvalue weighted by atomic mass is 32.2. The van der Waals surface area contributed by atoms with Crippen molar-refractivity contribution >= 4 is 22.8 Å². The molecule has 0 aromatic rings. The van der Waals surface area contributed by atoms with Crippen molar-refractivity contribution in [1.82, 2.24) is 0 Å². The van der Waals surface area contributed by atoms with Gasteiger partial charge in [0, 0.05) is 18.6 Å². The number of carbonyl (C=O) groups is 2. The molecule has 1 aliphatic carbocycles. The van der Waals surface area contributed by atoms with Crippen LogP contribution in [0, 0.1) is 23.2 Å². The van der Waals surface area contributed by atoms with Crippen molar-refractivity contribution in [1.29, 1.82) is 5.26 Å². The molecule has 5 nitrogen and oxygen atoms in total. The van der Waals surface area contributed by atoms with Gasteiger partial charge < -0.3 is 9.84 Å². The zero-order valence-corrected chi connectivity index (χ0v) is 11.8. The monoisotopic (exact) mass is 285 g/mol. The Kier molecular flexibility index (Phi) is 6.89. The lowest BCUT2D eigenvalue weighted by atomic mass is 9.88. The first-order valence-electron chi connectivity index (χ1n) is 6.40. The molecule has 0 saturated heterocycles. The van der Waals surface area contributed by atoms with Gasteiger partial charge in [0.1, 0.15) is 0 Å². The van der Waals surface area contributed by atoms with Gasteiger partial charge in [0.2, 0.25) is 0 Å². The lowest BCUT2D eigenvalue weighted by Crippen LogP contribution is -2.28. The van der Waals surface area contributed by atoms with Crippen molar-refractivity contribution in [3.63, 3.8) is 0 Å². The summed E-state index contributed by atoms with van der Waals surface area (Å²) in [7, 11) is 0. The molecule has 0 aromatic heterocycles. The standard InChI is InChI=1S/C13H19NO4S/c1-9(15)19-8-11(13(16)17)7-18-12-4-2-10(6-14)3-5-12/h10-12H,2-5,7-8H2,1H3,(H,16,17). The van der Waals surface area contributed by atoms with E-state index in [1.165, 1.54) is 6.92 Å². The number of thioether (sulfide) groups is 1. The molecule has 1 aliphatic rings. The average molecular weight is 285 g/mol. The molecule has 1 N–H and O–H groups in total. The molecule has 0 bridgehead atoms. The van der Waals surface area contributed by atoms with Crippen LogP contribution in [-0.2, 0) is 14.3 Å². The first-order valence-corrected chi connectivity index (χ1v) is 7.39. The summed E-state index contributed by atoms with van der Waals surface area (Å²) in [5.74, 6) is -1.22. The predicted molar refractivity (Wildman–Crippen MR) is 71.6 cm³/mol. The zero-order valence-electron chi connectivity index (χ0n) is 11.0. The van der Waals surface area contributed by atoms with E-state index in [1.54, 1.807) is 0 Å². The van der Waals surface area contributed by atoms with Gasteiger partial charge in [-0.25, -0.2) is 0 Å². The molecule has 106 valence electrons. The van der Waals surface area contributed by atoms with Gasteiger partial charge in [-0.3, -0.25) is 9.59 Å². The Hall–Kier alpha value is -1.06. The molecule has 0 radical (unpaired) electrons.